The number of nitriles is 1. The molecule has 0 aliphatic rings. The number of methoxy groups -OCH3 is 1. The predicted molar refractivity (Wildman–Crippen MR) is 64.7 cm³/mol. The van der Waals surface area contributed by atoms with Crippen LogP contribution in [0.4, 0.5) is 13.2 Å². The van der Waals surface area contributed by atoms with Crippen LogP contribution in [0.25, 0.3) is 0 Å². The monoisotopic (exact) mass is 272 g/mol. The third kappa shape index (κ3) is 5.18. The molecule has 0 amide bonds. The van der Waals surface area contributed by atoms with E-state index >= 15 is 0 Å². The van der Waals surface area contributed by atoms with Crippen molar-refractivity contribution in [1.82, 2.24) is 5.32 Å². The first kappa shape index (κ1) is 15.3. The maximum absolute atomic E-state index is 12.1. The molecule has 0 fully saturated rings. The van der Waals surface area contributed by atoms with E-state index in [-0.39, 0.29) is 6.54 Å². The summed E-state index contributed by atoms with van der Waals surface area (Å²) in [5.74, 6) is 0.453. The Morgan fingerprint density at radius 1 is 1.42 bits per heavy atom. The van der Waals surface area contributed by atoms with Crippen LogP contribution in [0.3, 0.4) is 0 Å². The van der Waals surface area contributed by atoms with Gasteiger partial charge < -0.3 is 10.1 Å². The van der Waals surface area contributed by atoms with Crippen LogP contribution < -0.4 is 10.1 Å². The van der Waals surface area contributed by atoms with E-state index in [0.29, 0.717) is 11.3 Å². The fourth-order valence-electron chi connectivity index (χ4n) is 1.66. The van der Waals surface area contributed by atoms with Crippen molar-refractivity contribution in [3.8, 4) is 11.8 Å². The molecule has 1 rings (SSSR count). The van der Waals surface area contributed by atoms with E-state index in [0.717, 1.165) is 5.56 Å². The predicted octanol–water partition coefficient (Wildman–Crippen LogP) is 3.00. The molecule has 0 spiro atoms. The Hall–Kier alpha value is -1.74. The first-order valence-corrected chi connectivity index (χ1v) is 5.73. The Kier molecular flexibility index (Phi) is 5.19. The van der Waals surface area contributed by atoms with Crippen LogP contribution in [0, 0.1) is 11.3 Å². The van der Waals surface area contributed by atoms with Crippen LogP contribution in [0.5, 0.6) is 5.75 Å². The van der Waals surface area contributed by atoms with Gasteiger partial charge in [0.15, 0.2) is 0 Å². The van der Waals surface area contributed by atoms with Gasteiger partial charge in [-0.2, -0.15) is 18.4 Å². The lowest BCUT2D eigenvalue weighted by Crippen LogP contribution is -2.30. The van der Waals surface area contributed by atoms with Gasteiger partial charge in [-0.05, 0) is 24.6 Å². The van der Waals surface area contributed by atoms with Crippen molar-refractivity contribution in [1.29, 1.82) is 5.26 Å². The van der Waals surface area contributed by atoms with E-state index in [2.05, 4.69) is 5.32 Å². The number of nitrogens with zero attached hydrogens (tertiary/aromatic N) is 1. The molecule has 0 aliphatic carbocycles. The second-order valence-electron chi connectivity index (χ2n) is 4.25. The molecule has 0 heterocycles. The molecule has 6 heteroatoms. The average molecular weight is 272 g/mol. The van der Waals surface area contributed by atoms with Crippen molar-refractivity contribution in [2.45, 2.75) is 32.1 Å². The number of halogens is 3. The van der Waals surface area contributed by atoms with Gasteiger partial charge >= 0.3 is 6.18 Å². The third-order valence-corrected chi connectivity index (χ3v) is 2.58. The molecule has 3 nitrogen and oxygen atoms in total. The summed E-state index contributed by atoms with van der Waals surface area (Å²) in [5.41, 5.74) is 1.11. The molecule has 0 radical (unpaired) electrons. The first-order valence-electron chi connectivity index (χ1n) is 5.73. The summed E-state index contributed by atoms with van der Waals surface area (Å²) in [4.78, 5) is 0. The van der Waals surface area contributed by atoms with Crippen molar-refractivity contribution >= 4 is 0 Å². The summed E-state index contributed by atoms with van der Waals surface area (Å²) in [6, 6.07) is 6.25. The Balaban J connectivity index is 2.61. The zero-order valence-electron chi connectivity index (χ0n) is 10.7. The Labute approximate surface area is 110 Å². The number of rotatable bonds is 5. The minimum atomic E-state index is -4.18. The van der Waals surface area contributed by atoms with Crippen LogP contribution >= 0.6 is 0 Å². The molecule has 0 saturated carbocycles. The van der Waals surface area contributed by atoms with Crippen LogP contribution in [-0.4, -0.2) is 19.3 Å². The van der Waals surface area contributed by atoms with Crippen LogP contribution in [0.2, 0.25) is 0 Å². The van der Waals surface area contributed by atoms with E-state index in [9.17, 15) is 13.2 Å². The zero-order chi connectivity index (χ0) is 14.5. The SMILES string of the molecule is COc1ccc(CNC(C)CC(F)(F)F)cc1C#N. The van der Waals surface area contributed by atoms with Gasteiger partial charge in [-0.3, -0.25) is 0 Å². The molecule has 0 saturated heterocycles. The lowest BCUT2D eigenvalue weighted by Gasteiger charge is -2.16. The second kappa shape index (κ2) is 6.43. The third-order valence-electron chi connectivity index (χ3n) is 2.58. The maximum Gasteiger partial charge on any atom is 0.390 e. The molecule has 1 aromatic rings. The van der Waals surface area contributed by atoms with E-state index in [1.807, 2.05) is 6.07 Å². The summed E-state index contributed by atoms with van der Waals surface area (Å²) in [7, 11) is 1.46. The van der Waals surface area contributed by atoms with E-state index in [1.165, 1.54) is 14.0 Å². The summed E-state index contributed by atoms with van der Waals surface area (Å²) in [6.07, 6.45) is -5.06. The topological polar surface area (TPSA) is 45.0 Å². The lowest BCUT2D eigenvalue weighted by atomic mass is 10.1. The van der Waals surface area contributed by atoms with Crippen molar-refractivity contribution < 1.29 is 17.9 Å². The highest BCUT2D eigenvalue weighted by Gasteiger charge is 2.29. The molecule has 1 unspecified atom stereocenters. The van der Waals surface area contributed by atoms with Gasteiger partial charge in [0.25, 0.3) is 0 Å². The number of ether oxygens (including phenoxy) is 1. The molecule has 104 valence electrons. The van der Waals surface area contributed by atoms with Gasteiger partial charge in [0, 0.05) is 12.6 Å². The van der Waals surface area contributed by atoms with Crippen LogP contribution in [0.15, 0.2) is 18.2 Å². The van der Waals surface area contributed by atoms with E-state index < -0.39 is 18.6 Å². The molecule has 1 atom stereocenters. The molecular weight excluding hydrogens is 257 g/mol. The summed E-state index contributed by atoms with van der Waals surface area (Å²) < 4.78 is 41.4. The molecular formula is C13H15F3N2O. The summed E-state index contributed by atoms with van der Waals surface area (Å²) >= 11 is 0. The van der Waals surface area contributed by atoms with Gasteiger partial charge in [-0.1, -0.05) is 6.07 Å². The minimum Gasteiger partial charge on any atom is -0.495 e. The Bertz CT molecular complexity index is 466. The highest BCUT2D eigenvalue weighted by Crippen LogP contribution is 2.22. The standard InChI is InChI=1S/C13H15F3N2O/c1-9(6-13(14,15)16)18-8-10-3-4-12(19-2)11(5-10)7-17/h3-5,9,18H,6,8H2,1-2H3. The largest absolute Gasteiger partial charge is 0.495 e. The van der Waals surface area contributed by atoms with Crippen molar-refractivity contribution in [3.05, 3.63) is 29.3 Å². The minimum absolute atomic E-state index is 0.274. The number of benzene rings is 1. The molecule has 19 heavy (non-hydrogen) atoms. The molecule has 0 aromatic heterocycles. The molecule has 1 N–H and O–H groups in total. The summed E-state index contributed by atoms with van der Waals surface area (Å²) in [6.45, 7) is 1.75. The van der Waals surface area contributed by atoms with Crippen molar-refractivity contribution in [2.75, 3.05) is 7.11 Å². The molecule has 1 aromatic carbocycles. The molecule has 0 aliphatic heterocycles. The normalized spacial score (nSPS) is 12.8. The smallest absolute Gasteiger partial charge is 0.390 e. The fourth-order valence-corrected chi connectivity index (χ4v) is 1.66. The number of hydrogen-bond acceptors (Lipinski definition) is 3. The highest BCUT2D eigenvalue weighted by molar-refractivity contribution is 5.45. The van der Waals surface area contributed by atoms with Gasteiger partial charge in [0.1, 0.15) is 11.8 Å². The number of nitrogens with one attached hydrogen (secondary N) is 1. The van der Waals surface area contributed by atoms with Crippen molar-refractivity contribution in [3.63, 3.8) is 0 Å². The summed E-state index contributed by atoms with van der Waals surface area (Å²) in [5, 5.41) is 11.7. The van der Waals surface area contributed by atoms with Gasteiger partial charge in [0.2, 0.25) is 0 Å². The van der Waals surface area contributed by atoms with Gasteiger partial charge in [-0.15, -0.1) is 0 Å². The van der Waals surface area contributed by atoms with Crippen LogP contribution in [-0.2, 0) is 6.54 Å². The maximum atomic E-state index is 12.1. The first-order chi connectivity index (χ1) is 8.85. The number of alkyl halides is 3. The fraction of sp³-hybridized carbons (Fsp3) is 0.462. The quantitative estimate of drug-likeness (QED) is 0.896. The molecule has 0 bridgehead atoms. The second-order valence-corrected chi connectivity index (χ2v) is 4.25. The average Bonchev–Trinajstić information content (AvgIpc) is 2.33. The van der Waals surface area contributed by atoms with Crippen LogP contribution in [0.1, 0.15) is 24.5 Å². The lowest BCUT2D eigenvalue weighted by molar-refractivity contribution is -0.139. The van der Waals surface area contributed by atoms with E-state index in [1.54, 1.807) is 18.2 Å². The number of hydrogen-bond donors (Lipinski definition) is 1. The highest BCUT2D eigenvalue weighted by atomic mass is 19.4. The van der Waals surface area contributed by atoms with Gasteiger partial charge in [-0.25, -0.2) is 0 Å². The Morgan fingerprint density at radius 2 is 2.11 bits per heavy atom. The van der Waals surface area contributed by atoms with Crippen molar-refractivity contribution in [2.24, 2.45) is 0 Å². The van der Waals surface area contributed by atoms with Gasteiger partial charge in [0.05, 0.1) is 19.1 Å². The van der Waals surface area contributed by atoms with E-state index in [4.69, 9.17) is 10.00 Å². The zero-order valence-corrected chi connectivity index (χ0v) is 10.7. The Morgan fingerprint density at radius 3 is 2.63 bits per heavy atom.